The van der Waals surface area contributed by atoms with Gasteiger partial charge in [0.25, 0.3) is 0 Å². The number of benzene rings is 1. The van der Waals surface area contributed by atoms with Gasteiger partial charge in [0.15, 0.2) is 6.29 Å². The van der Waals surface area contributed by atoms with E-state index in [-0.39, 0.29) is 5.91 Å². The van der Waals surface area contributed by atoms with Gasteiger partial charge in [0, 0.05) is 35.8 Å². The van der Waals surface area contributed by atoms with E-state index in [1.54, 1.807) is 18.2 Å². The van der Waals surface area contributed by atoms with Crippen LogP contribution in [-0.2, 0) is 4.79 Å². The van der Waals surface area contributed by atoms with E-state index < -0.39 is 0 Å². The van der Waals surface area contributed by atoms with Crippen molar-refractivity contribution in [3.63, 3.8) is 0 Å². The second-order valence-corrected chi connectivity index (χ2v) is 6.49. The summed E-state index contributed by atoms with van der Waals surface area (Å²) in [4.78, 5) is 23.3. The van der Waals surface area contributed by atoms with Crippen LogP contribution >= 0.6 is 0 Å². The molecule has 7 nitrogen and oxygen atoms in total. The zero-order chi connectivity index (χ0) is 24.2. The van der Waals surface area contributed by atoms with Crippen molar-refractivity contribution in [1.29, 1.82) is 5.26 Å². The van der Waals surface area contributed by atoms with Crippen LogP contribution < -0.4 is 16.9 Å². The van der Waals surface area contributed by atoms with Gasteiger partial charge in [-0.25, -0.2) is 0 Å². The molecule has 1 amide bonds. The van der Waals surface area contributed by atoms with E-state index in [4.69, 9.17) is 16.8 Å². The summed E-state index contributed by atoms with van der Waals surface area (Å²) in [5, 5.41) is 13.5. The van der Waals surface area contributed by atoms with Crippen LogP contribution in [0.25, 0.3) is 5.57 Å². The van der Waals surface area contributed by atoms with Crippen molar-refractivity contribution in [2.75, 3.05) is 11.1 Å². The highest BCUT2D eigenvalue weighted by Crippen LogP contribution is 2.27. The number of carbonyl (C=O) groups is 2. The molecule has 7 heteroatoms. The monoisotopic (exact) mass is 425 g/mol. The van der Waals surface area contributed by atoms with Gasteiger partial charge in [-0.3, -0.25) is 9.59 Å². The minimum Gasteiger partial charge on any atom is -0.398 e. The topological polar surface area (TPSA) is 134 Å². The van der Waals surface area contributed by atoms with Gasteiger partial charge in [-0.15, -0.1) is 6.58 Å². The van der Waals surface area contributed by atoms with Gasteiger partial charge in [0.05, 0.1) is 12.3 Å². The number of allylic oxidation sites excluding steroid dienone is 4. The molecule has 0 aromatic heterocycles. The maximum Gasteiger partial charge on any atom is 0.224 e. The molecule has 1 unspecified atom stereocenters. The summed E-state index contributed by atoms with van der Waals surface area (Å²) in [6.07, 6.45) is 9.89. The molecule has 0 radical (unpaired) electrons. The molecule has 0 heterocycles. The zero-order valence-corrected chi connectivity index (χ0v) is 19.0. The summed E-state index contributed by atoms with van der Waals surface area (Å²) in [5.74, 6) is 5.35. The van der Waals surface area contributed by atoms with Gasteiger partial charge in [-0.05, 0) is 50.3 Å². The third-order valence-corrected chi connectivity index (χ3v) is 3.96. The van der Waals surface area contributed by atoms with Crippen LogP contribution in [0.4, 0.5) is 11.4 Å². The van der Waals surface area contributed by atoms with E-state index in [0.717, 1.165) is 12.8 Å². The Kier molecular flexibility index (Phi) is 17.5. The molecular weight excluding hydrogens is 390 g/mol. The molecule has 168 valence electrons. The summed E-state index contributed by atoms with van der Waals surface area (Å²) >= 11 is 0. The van der Waals surface area contributed by atoms with Crippen LogP contribution in [0, 0.1) is 17.2 Å². The number of hydrogen-bond donors (Lipinski definition) is 3. The third-order valence-electron chi connectivity index (χ3n) is 3.96. The number of anilines is 2. The van der Waals surface area contributed by atoms with Gasteiger partial charge in [0.1, 0.15) is 0 Å². The van der Waals surface area contributed by atoms with Crippen LogP contribution in [0.15, 0.2) is 48.6 Å². The lowest BCUT2D eigenvalue weighted by atomic mass is 9.99. The standard InChI is InChI=1S/C18H24N4O2.C4H8.C2H3N/c1-4-12(2)6-5-7-17(24)22-15-8-14(11-23)18(16(19)9-15)13(3)10-21-20;1-3-4-2;1-2-3/h4,8-12H,1,3,5-7,19-20H2,2H3,(H,22,24);3-4H,1-2H3;1H3/b21-10-;4-3-;. The van der Waals surface area contributed by atoms with Crippen molar-refractivity contribution in [3.05, 3.63) is 54.6 Å². The summed E-state index contributed by atoms with van der Waals surface area (Å²) < 4.78 is 0. The normalized spacial score (nSPS) is 10.7. The van der Waals surface area contributed by atoms with E-state index in [1.807, 2.05) is 32.1 Å². The van der Waals surface area contributed by atoms with Crippen LogP contribution in [0.3, 0.4) is 0 Å². The van der Waals surface area contributed by atoms with Crippen molar-refractivity contribution < 1.29 is 9.59 Å². The summed E-state index contributed by atoms with van der Waals surface area (Å²) in [6, 6.07) is 4.89. The smallest absolute Gasteiger partial charge is 0.224 e. The number of rotatable bonds is 9. The molecule has 0 aliphatic rings. The predicted molar refractivity (Wildman–Crippen MR) is 132 cm³/mol. The predicted octanol–water partition coefficient (Wildman–Crippen LogP) is 5.08. The highest BCUT2D eigenvalue weighted by molar-refractivity contribution is 6.14. The maximum absolute atomic E-state index is 12.0. The number of nitrogens with zero attached hydrogens (tertiary/aromatic N) is 2. The van der Waals surface area contributed by atoms with Crippen LogP contribution in [-0.4, -0.2) is 18.4 Å². The largest absolute Gasteiger partial charge is 0.398 e. The lowest BCUT2D eigenvalue weighted by molar-refractivity contribution is -0.116. The number of nitrogens with two attached hydrogens (primary N) is 2. The minimum absolute atomic E-state index is 0.127. The highest BCUT2D eigenvalue weighted by Gasteiger charge is 2.12. The Hall–Kier alpha value is -3.66. The van der Waals surface area contributed by atoms with E-state index >= 15 is 0 Å². The Balaban J connectivity index is 0. The number of hydrazone groups is 1. The van der Waals surface area contributed by atoms with E-state index in [0.29, 0.717) is 46.7 Å². The minimum atomic E-state index is -0.127. The van der Waals surface area contributed by atoms with Crippen molar-refractivity contribution >= 4 is 35.4 Å². The first-order chi connectivity index (χ1) is 14.7. The van der Waals surface area contributed by atoms with Crippen molar-refractivity contribution in [2.24, 2.45) is 16.9 Å². The average molecular weight is 426 g/mol. The van der Waals surface area contributed by atoms with E-state index in [2.05, 4.69) is 30.5 Å². The summed E-state index contributed by atoms with van der Waals surface area (Å²) in [7, 11) is 0. The number of aldehydes is 1. The van der Waals surface area contributed by atoms with Gasteiger partial charge in [0.2, 0.25) is 5.91 Å². The number of amides is 1. The first-order valence-corrected chi connectivity index (χ1v) is 9.87. The molecule has 0 aliphatic heterocycles. The third kappa shape index (κ3) is 13.2. The summed E-state index contributed by atoms with van der Waals surface area (Å²) in [6.45, 7) is 15.0. The van der Waals surface area contributed by atoms with Gasteiger partial charge >= 0.3 is 0 Å². The second kappa shape index (κ2) is 18.4. The molecule has 0 fully saturated rings. The van der Waals surface area contributed by atoms with E-state index in [9.17, 15) is 9.59 Å². The Morgan fingerprint density at radius 2 is 1.94 bits per heavy atom. The molecule has 0 spiro atoms. The Bertz CT molecular complexity index is 816. The molecule has 31 heavy (non-hydrogen) atoms. The van der Waals surface area contributed by atoms with E-state index in [1.165, 1.54) is 13.1 Å². The molecule has 0 bridgehead atoms. The second-order valence-electron chi connectivity index (χ2n) is 6.49. The van der Waals surface area contributed by atoms with Crippen molar-refractivity contribution in [3.8, 4) is 6.07 Å². The molecule has 5 N–H and O–H groups in total. The summed E-state index contributed by atoms with van der Waals surface area (Å²) in [5.41, 5.74) is 7.96. The molecule has 1 aromatic carbocycles. The number of nitrogens with one attached hydrogen (secondary N) is 1. The Labute approximate surface area is 186 Å². The Morgan fingerprint density at radius 3 is 2.39 bits per heavy atom. The quantitative estimate of drug-likeness (QED) is 0.127. The molecule has 1 atom stereocenters. The molecule has 0 saturated carbocycles. The average Bonchev–Trinajstić information content (AvgIpc) is 2.73. The van der Waals surface area contributed by atoms with Crippen LogP contribution in [0.5, 0.6) is 0 Å². The number of nitrogen functional groups attached to an aromatic ring is 1. The number of hydrogen-bond acceptors (Lipinski definition) is 6. The SMILES string of the molecule is C/C=C\C.C=CC(C)CCCC(=O)Nc1cc(N)c(C(=C)/C=N\N)c(C=O)c1.CC#N. The van der Waals surface area contributed by atoms with Gasteiger partial charge < -0.3 is 16.9 Å². The van der Waals surface area contributed by atoms with Gasteiger partial charge in [-0.2, -0.15) is 10.4 Å². The number of nitriles is 1. The number of carbonyl (C=O) groups excluding carboxylic acids is 2. The fourth-order valence-electron chi connectivity index (χ4n) is 2.30. The lowest BCUT2D eigenvalue weighted by Gasteiger charge is -2.13. The van der Waals surface area contributed by atoms with Gasteiger partial charge in [-0.1, -0.05) is 31.7 Å². The highest BCUT2D eigenvalue weighted by atomic mass is 16.1. The lowest BCUT2D eigenvalue weighted by Crippen LogP contribution is -2.13. The fraction of sp³-hybridized carbons (Fsp3) is 0.333. The molecule has 0 saturated heterocycles. The molecule has 1 aromatic rings. The van der Waals surface area contributed by atoms with Crippen molar-refractivity contribution in [1.82, 2.24) is 0 Å². The van der Waals surface area contributed by atoms with Crippen molar-refractivity contribution in [2.45, 2.75) is 47.0 Å². The Morgan fingerprint density at radius 1 is 1.35 bits per heavy atom. The molecule has 0 aliphatic carbocycles. The van der Waals surface area contributed by atoms with Crippen LogP contribution in [0.1, 0.15) is 62.9 Å². The molecular formula is C24H35N5O2. The molecule has 1 rings (SSSR count). The zero-order valence-electron chi connectivity index (χ0n) is 19.0. The fourth-order valence-corrected chi connectivity index (χ4v) is 2.30. The first-order valence-electron chi connectivity index (χ1n) is 9.87. The maximum atomic E-state index is 12.0. The first kappa shape index (κ1) is 29.5. The van der Waals surface area contributed by atoms with Crippen LogP contribution in [0.2, 0.25) is 0 Å².